The van der Waals surface area contributed by atoms with E-state index in [1.807, 2.05) is 7.05 Å². The smallest absolute Gasteiger partial charge is 0.229 e. The highest BCUT2D eigenvalue weighted by Crippen LogP contribution is 2.36. The number of rotatable bonds is 2. The van der Waals surface area contributed by atoms with Gasteiger partial charge in [-0.25, -0.2) is 0 Å². The number of carbonyl (C=O) groups is 1. The Bertz CT molecular complexity index is 334. The maximum atomic E-state index is 12.7. The van der Waals surface area contributed by atoms with Crippen molar-refractivity contribution in [2.45, 2.75) is 38.1 Å². The van der Waals surface area contributed by atoms with Crippen LogP contribution in [0.3, 0.4) is 0 Å². The van der Waals surface area contributed by atoms with E-state index in [9.17, 15) is 4.79 Å². The molecule has 0 bridgehead atoms. The van der Waals surface area contributed by atoms with Crippen LogP contribution in [0, 0.1) is 17.8 Å². The molecule has 0 aromatic rings. The van der Waals surface area contributed by atoms with Crippen molar-refractivity contribution in [2.75, 3.05) is 33.4 Å². The van der Waals surface area contributed by atoms with Gasteiger partial charge in [0.05, 0.1) is 19.1 Å². The van der Waals surface area contributed by atoms with Crippen LogP contribution in [0.15, 0.2) is 0 Å². The van der Waals surface area contributed by atoms with E-state index in [0.717, 1.165) is 24.9 Å². The lowest BCUT2D eigenvalue weighted by Crippen LogP contribution is -2.50. The van der Waals surface area contributed by atoms with Gasteiger partial charge in [-0.05, 0) is 31.7 Å². The standard InChI is InChI=1S/C15H26N2O2/c1-16-14-10-19-9-13(14)15(18)17-7-6-11-4-2-3-5-12(11)8-17/h11-14,16H,2-10H2,1H3. The molecule has 19 heavy (non-hydrogen) atoms. The first-order valence-electron chi connectivity index (χ1n) is 7.83. The fourth-order valence-corrected chi connectivity index (χ4v) is 4.12. The van der Waals surface area contributed by atoms with Gasteiger partial charge in [0.25, 0.3) is 0 Å². The lowest BCUT2D eigenvalue weighted by atomic mass is 9.75. The lowest BCUT2D eigenvalue weighted by molar-refractivity contribution is -0.139. The van der Waals surface area contributed by atoms with Crippen LogP contribution in [0.2, 0.25) is 0 Å². The highest BCUT2D eigenvalue weighted by molar-refractivity contribution is 5.80. The number of ether oxygens (including phenoxy) is 1. The normalized spacial score (nSPS) is 39.1. The molecule has 3 rings (SSSR count). The van der Waals surface area contributed by atoms with Crippen LogP contribution in [0.4, 0.5) is 0 Å². The first-order chi connectivity index (χ1) is 9.29. The third kappa shape index (κ3) is 2.65. The molecule has 108 valence electrons. The maximum Gasteiger partial charge on any atom is 0.229 e. The number of amides is 1. The molecule has 2 saturated heterocycles. The van der Waals surface area contributed by atoms with Gasteiger partial charge < -0.3 is 15.0 Å². The number of piperidine rings is 1. The van der Waals surface area contributed by atoms with Crippen LogP contribution in [0.1, 0.15) is 32.1 Å². The van der Waals surface area contributed by atoms with Crippen molar-refractivity contribution in [3.05, 3.63) is 0 Å². The predicted octanol–water partition coefficient (Wildman–Crippen LogP) is 1.26. The molecule has 2 aliphatic heterocycles. The number of nitrogens with zero attached hydrogens (tertiary/aromatic N) is 1. The zero-order chi connectivity index (χ0) is 13.2. The Hall–Kier alpha value is -0.610. The number of fused-ring (bicyclic) bond motifs is 1. The second-order valence-electron chi connectivity index (χ2n) is 6.42. The largest absolute Gasteiger partial charge is 0.379 e. The number of hydrogen-bond acceptors (Lipinski definition) is 3. The molecule has 3 aliphatic rings. The van der Waals surface area contributed by atoms with E-state index in [-0.39, 0.29) is 12.0 Å². The van der Waals surface area contributed by atoms with Crippen molar-refractivity contribution in [1.29, 1.82) is 0 Å². The molecule has 4 atom stereocenters. The average molecular weight is 266 g/mol. The predicted molar refractivity (Wildman–Crippen MR) is 73.8 cm³/mol. The van der Waals surface area contributed by atoms with E-state index in [4.69, 9.17) is 4.74 Å². The zero-order valence-corrected chi connectivity index (χ0v) is 11.9. The molecule has 3 fully saturated rings. The fourth-order valence-electron chi connectivity index (χ4n) is 4.12. The minimum atomic E-state index is 0.0325. The van der Waals surface area contributed by atoms with Crippen molar-refractivity contribution >= 4 is 5.91 Å². The fraction of sp³-hybridized carbons (Fsp3) is 0.933. The van der Waals surface area contributed by atoms with E-state index in [1.54, 1.807) is 0 Å². The molecule has 2 heterocycles. The van der Waals surface area contributed by atoms with Crippen LogP contribution < -0.4 is 5.32 Å². The molecular weight excluding hydrogens is 240 g/mol. The first kappa shape index (κ1) is 13.4. The summed E-state index contributed by atoms with van der Waals surface area (Å²) in [5.74, 6) is 2.01. The SMILES string of the molecule is CNC1COCC1C(=O)N1CCC2CCCCC2C1. The van der Waals surface area contributed by atoms with E-state index < -0.39 is 0 Å². The van der Waals surface area contributed by atoms with Crippen molar-refractivity contribution in [1.82, 2.24) is 10.2 Å². The van der Waals surface area contributed by atoms with Gasteiger partial charge in [-0.15, -0.1) is 0 Å². The van der Waals surface area contributed by atoms with Crippen LogP contribution >= 0.6 is 0 Å². The van der Waals surface area contributed by atoms with Gasteiger partial charge in [0.1, 0.15) is 0 Å². The number of likely N-dealkylation sites (tertiary alicyclic amines) is 1. The summed E-state index contributed by atoms with van der Waals surface area (Å²) < 4.78 is 5.47. The van der Waals surface area contributed by atoms with Crippen LogP contribution in [-0.4, -0.2) is 50.2 Å². The highest BCUT2D eigenvalue weighted by Gasteiger charge is 2.39. The van der Waals surface area contributed by atoms with E-state index in [2.05, 4.69) is 10.2 Å². The van der Waals surface area contributed by atoms with Crippen LogP contribution in [0.25, 0.3) is 0 Å². The summed E-state index contributed by atoms with van der Waals surface area (Å²) in [6.45, 7) is 3.23. The van der Waals surface area contributed by atoms with Crippen molar-refractivity contribution in [2.24, 2.45) is 17.8 Å². The van der Waals surface area contributed by atoms with Gasteiger partial charge in [0.2, 0.25) is 5.91 Å². The Morgan fingerprint density at radius 2 is 1.95 bits per heavy atom. The Balaban J connectivity index is 1.61. The Labute approximate surface area is 115 Å². The van der Waals surface area contributed by atoms with Crippen LogP contribution in [0.5, 0.6) is 0 Å². The van der Waals surface area contributed by atoms with E-state index in [0.29, 0.717) is 19.1 Å². The summed E-state index contributed by atoms with van der Waals surface area (Å²) in [6, 6.07) is 0.205. The van der Waals surface area contributed by atoms with Gasteiger partial charge in [-0.2, -0.15) is 0 Å². The molecular formula is C15H26N2O2. The van der Waals surface area contributed by atoms with Gasteiger partial charge in [0, 0.05) is 19.1 Å². The number of hydrogen-bond donors (Lipinski definition) is 1. The molecule has 0 spiro atoms. The number of nitrogens with one attached hydrogen (secondary N) is 1. The van der Waals surface area contributed by atoms with Crippen molar-refractivity contribution in [3.63, 3.8) is 0 Å². The Morgan fingerprint density at radius 1 is 1.16 bits per heavy atom. The quantitative estimate of drug-likeness (QED) is 0.818. The third-order valence-electron chi connectivity index (χ3n) is 5.37. The summed E-state index contributed by atoms with van der Waals surface area (Å²) in [5, 5.41) is 3.22. The van der Waals surface area contributed by atoms with Crippen molar-refractivity contribution in [3.8, 4) is 0 Å². The third-order valence-corrected chi connectivity index (χ3v) is 5.37. The Kier molecular flexibility index (Phi) is 4.08. The van der Waals surface area contributed by atoms with E-state index in [1.165, 1.54) is 32.1 Å². The van der Waals surface area contributed by atoms with Crippen LogP contribution in [-0.2, 0) is 9.53 Å². The number of carbonyl (C=O) groups excluding carboxylic acids is 1. The Morgan fingerprint density at radius 3 is 2.74 bits per heavy atom. The first-order valence-corrected chi connectivity index (χ1v) is 7.83. The maximum absolute atomic E-state index is 12.7. The second kappa shape index (κ2) is 5.80. The zero-order valence-electron chi connectivity index (χ0n) is 11.9. The molecule has 0 aromatic heterocycles. The summed E-state index contributed by atoms with van der Waals surface area (Å²) in [5.41, 5.74) is 0. The average Bonchev–Trinajstić information content (AvgIpc) is 2.94. The van der Waals surface area contributed by atoms with Gasteiger partial charge >= 0.3 is 0 Å². The highest BCUT2D eigenvalue weighted by atomic mass is 16.5. The molecule has 1 saturated carbocycles. The summed E-state index contributed by atoms with van der Waals surface area (Å²) in [6.07, 6.45) is 6.68. The summed E-state index contributed by atoms with van der Waals surface area (Å²) in [4.78, 5) is 14.8. The molecule has 0 aromatic carbocycles. The minimum Gasteiger partial charge on any atom is -0.379 e. The van der Waals surface area contributed by atoms with Gasteiger partial charge in [0.15, 0.2) is 0 Å². The second-order valence-corrected chi connectivity index (χ2v) is 6.42. The minimum absolute atomic E-state index is 0.0325. The van der Waals surface area contributed by atoms with Crippen molar-refractivity contribution < 1.29 is 9.53 Å². The monoisotopic (exact) mass is 266 g/mol. The molecule has 1 amide bonds. The van der Waals surface area contributed by atoms with Gasteiger partial charge in [-0.3, -0.25) is 4.79 Å². The molecule has 4 heteroatoms. The summed E-state index contributed by atoms with van der Waals surface area (Å²) in [7, 11) is 1.92. The molecule has 1 N–H and O–H groups in total. The van der Waals surface area contributed by atoms with Gasteiger partial charge in [-0.1, -0.05) is 19.3 Å². The molecule has 4 unspecified atom stereocenters. The molecule has 1 aliphatic carbocycles. The number of likely N-dealkylation sites (N-methyl/N-ethyl adjacent to an activating group) is 1. The molecule has 4 nitrogen and oxygen atoms in total. The topological polar surface area (TPSA) is 41.6 Å². The van der Waals surface area contributed by atoms with E-state index >= 15 is 0 Å². The summed E-state index contributed by atoms with van der Waals surface area (Å²) >= 11 is 0. The molecule has 0 radical (unpaired) electrons. The lowest BCUT2D eigenvalue weighted by Gasteiger charge is -2.42.